The van der Waals surface area contributed by atoms with Gasteiger partial charge in [-0.25, -0.2) is 4.98 Å². The molecule has 0 saturated heterocycles. The van der Waals surface area contributed by atoms with E-state index >= 15 is 0 Å². The lowest BCUT2D eigenvalue weighted by atomic mass is 10.1. The number of hydrogen-bond donors (Lipinski definition) is 1. The topological polar surface area (TPSA) is 51.4 Å². The number of nitrogens with zero attached hydrogens (tertiary/aromatic N) is 2. The van der Waals surface area contributed by atoms with Gasteiger partial charge in [0.2, 0.25) is 0 Å². The van der Waals surface area contributed by atoms with Gasteiger partial charge in [-0.1, -0.05) is 6.07 Å². The second-order valence-electron chi connectivity index (χ2n) is 4.52. The molecule has 17 heavy (non-hydrogen) atoms. The number of rotatable bonds is 6. The Morgan fingerprint density at radius 1 is 1.35 bits per heavy atom. The number of nitrogens with two attached hydrogens (primary N) is 1. The fraction of sp³-hybridized carbons (Fsp3) is 0.615. The molecule has 4 nitrogen and oxygen atoms in total. The van der Waals surface area contributed by atoms with Crippen LogP contribution in [0.15, 0.2) is 18.3 Å². The molecule has 1 aromatic heterocycles. The van der Waals surface area contributed by atoms with Gasteiger partial charge in [-0.15, -0.1) is 0 Å². The molecule has 4 heteroatoms. The van der Waals surface area contributed by atoms with Gasteiger partial charge in [0.15, 0.2) is 0 Å². The largest absolute Gasteiger partial charge is 0.383 e. The minimum atomic E-state index is 0.0306. The summed E-state index contributed by atoms with van der Waals surface area (Å²) < 4.78 is 5.12. The van der Waals surface area contributed by atoms with E-state index in [0.717, 1.165) is 17.9 Å². The highest BCUT2D eigenvalue weighted by Crippen LogP contribution is 2.16. The summed E-state index contributed by atoms with van der Waals surface area (Å²) in [5.74, 6) is 0.974. The average Bonchev–Trinajstić information content (AvgIpc) is 2.29. The maximum atomic E-state index is 5.81. The first-order valence-corrected chi connectivity index (χ1v) is 6.03. The Kier molecular flexibility index (Phi) is 5.38. The molecule has 1 rings (SSSR count). The van der Waals surface area contributed by atoms with Crippen molar-refractivity contribution in [3.63, 3.8) is 0 Å². The van der Waals surface area contributed by atoms with Gasteiger partial charge < -0.3 is 15.4 Å². The SMILES string of the molecule is COCCN(c1ccc([C@H](C)N)cn1)C(C)C. The molecule has 1 atom stereocenters. The number of ether oxygens (including phenoxy) is 1. The van der Waals surface area contributed by atoms with Crippen LogP contribution in [0.3, 0.4) is 0 Å². The first kappa shape index (κ1) is 13.9. The van der Waals surface area contributed by atoms with E-state index in [-0.39, 0.29) is 6.04 Å². The highest BCUT2D eigenvalue weighted by Gasteiger charge is 2.11. The number of hydrogen-bond acceptors (Lipinski definition) is 4. The highest BCUT2D eigenvalue weighted by molar-refractivity contribution is 5.40. The van der Waals surface area contributed by atoms with E-state index in [1.807, 2.05) is 25.3 Å². The molecule has 0 aromatic carbocycles. The van der Waals surface area contributed by atoms with Gasteiger partial charge in [-0.3, -0.25) is 0 Å². The minimum absolute atomic E-state index is 0.0306. The molecule has 0 aliphatic rings. The summed E-state index contributed by atoms with van der Waals surface area (Å²) in [5, 5.41) is 0. The Hall–Kier alpha value is -1.13. The summed E-state index contributed by atoms with van der Waals surface area (Å²) in [4.78, 5) is 6.68. The quantitative estimate of drug-likeness (QED) is 0.821. The van der Waals surface area contributed by atoms with Gasteiger partial charge in [-0.2, -0.15) is 0 Å². The van der Waals surface area contributed by atoms with Crippen molar-refractivity contribution in [3.8, 4) is 0 Å². The van der Waals surface area contributed by atoms with Crippen molar-refractivity contribution in [1.29, 1.82) is 0 Å². The van der Waals surface area contributed by atoms with Gasteiger partial charge in [-0.05, 0) is 32.4 Å². The zero-order valence-corrected chi connectivity index (χ0v) is 11.2. The Balaban J connectivity index is 2.80. The van der Waals surface area contributed by atoms with Crippen LogP contribution in [-0.2, 0) is 4.74 Å². The molecule has 0 bridgehead atoms. The molecular weight excluding hydrogens is 214 g/mol. The molecule has 0 aliphatic carbocycles. The monoisotopic (exact) mass is 237 g/mol. The van der Waals surface area contributed by atoms with E-state index in [9.17, 15) is 0 Å². The van der Waals surface area contributed by atoms with Crippen LogP contribution in [0.4, 0.5) is 5.82 Å². The van der Waals surface area contributed by atoms with Crippen LogP contribution in [-0.4, -0.2) is 31.3 Å². The first-order chi connectivity index (χ1) is 8.06. The molecule has 0 unspecified atom stereocenters. The zero-order chi connectivity index (χ0) is 12.8. The maximum Gasteiger partial charge on any atom is 0.128 e. The van der Waals surface area contributed by atoms with Crippen LogP contribution in [0.25, 0.3) is 0 Å². The fourth-order valence-electron chi connectivity index (χ4n) is 1.66. The van der Waals surface area contributed by atoms with E-state index in [2.05, 4.69) is 23.7 Å². The third kappa shape index (κ3) is 3.98. The van der Waals surface area contributed by atoms with Crippen molar-refractivity contribution in [1.82, 2.24) is 4.98 Å². The summed E-state index contributed by atoms with van der Waals surface area (Å²) in [5.41, 5.74) is 6.87. The molecule has 96 valence electrons. The number of methoxy groups -OCH3 is 1. The molecular formula is C13H23N3O. The third-order valence-electron chi connectivity index (χ3n) is 2.75. The lowest BCUT2D eigenvalue weighted by Crippen LogP contribution is -2.34. The van der Waals surface area contributed by atoms with Crippen LogP contribution in [0.5, 0.6) is 0 Å². The van der Waals surface area contributed by atoms with E-state index in [0.29, 0.717) is 12.6 Å². The van der Waals surface area contributed by atoms with E-state index < -0.39 is 0 Å². The second-order valence-corrected chi connectivity index (χ2v) is 4.52. The highest BCUT2D eigenvalue weighted by atomic mass is 16.5. The molecule has 2 N–H and O–H groups in total. The Morgan fingerprint density at radius 3 is 2.47 bits per heavy atom. The predicted octanol–water partition coefficient (Wildman–Crippen LogP) is 1.96. The zero-order valence-electron chi connectivity index (χ0n) is 11.2. The second kappa shape index (κ2) is 6.57. The molecule has 0 spiro atoms. The fourth-order valence-corrected chi connectivity index (χ4v) is 1.66. The summed E-state index contributed by atoms with van der Waals surface area (Å²) in [7, 11) is 1.71. The minimum Gasteiger partial charge on any atom is -0.383 e. The van der Waals surface area contributed by atoms with Gasteiger partial charge in [0.05, 0.1) is 6.61 Å². The van der Waals surface area contributed by atoms with Crippen molar-refractivity contribution in [3.05, 3.63) is 23.9 Å². The molecule has 0 amide bonds. The normalized spacial score (nSPS) is 12.8. The van der Waals surface area contributed by atoms with Gasteiger partial charge >= 0.3 is 0 Å². The summed E-state index contributed by atoms with van der Waals surface area (Å²) in [6.07, 6.45) is 1.85. The van der Waals surface area contributed by atoms with E-state index in [1.54, 1.807) is 7.11 Å². The summed E-state index contributed by atoms with van der Waals surface area (Å²) >= 11 is 0. The van der Waals surface area contributed by atoms with Gasteiger partial charge in [0, 0.05) is 31.9 Å². The predicted molar refractivity (Wildman–Crippen MR) is 71.2 cm³/mol. The molecule has 1 aromatic rings. The number of pyridine rings is 1. The molecule has 0 fully saturated rings. The Labute approximate surface area is 104 Å². The van der Waals surface area contributed by atoms with Crippen molar-refractivity contribution in [2.24, 2.45) is 5.73 Å². The average molecular weight is 237 g/mol. The van der Waals surface area contributed by atoms with Crippen LogP contribution < -0.4 is 10.6 Å². The summed E-state index contributed by atoms with van der Waals surface area (Å²) in [6, 6.07) is 4.49. The molecule has 0 aliphatic heterocycles. The molecule has 0 radical (unpaired) electrons. The first-order valence-electron chi connectivity index (χ1n) is 6.03. The lowest BCUT2D eigenvalue weighted by Gasteiger charge is -2.27. The van der Waals surface area contributed by atoms with E-state index in [4.69, 9.17) is 10.5 Å². The standard InChI is InChI=1S/C13H23N3O/c1-10(2)16(7-8-17-4)13-6-5-12(9-15-13)11(3)14/h5-6,9-11H,7-8,14H2,1-4H3/t11-/m0/s1. The Bertz CT molecular complexity index is 322. The third-order valence-corrected chi connectivity index (χ3v) is 2.75. The maximum absolute atomic E-state index is 5.81. The number of anilines is 1. The van der Waals surface area contributed by atoms with Crippen molar-refractivity contribution < 1.29 is 4.74 Å². The van der Waals surface area contributed by atoms with Crippen LogP contribution in [0.1, 0.15) is 32.4 Å². The van der Waals surface area contributed by atoms with Crippen LogP contribution in [0.2, 0.25) is 0 Å². The summed E-state index contributed by atoms with van der Waals surface area (Å²) in [6.45, 7) is 7.81. The Morgan fingerprint density at radius 2 is 2.06 bits per heavy atom. The smallest absolute Gasteiger partial charge is 0.128 e. The van der Waals surface area contributed by atoms with Crippen molar-refractivity contribution in [2.45, 2.75) is 32.9 Å². The molecule has 1 heterocycles. The number of aromatic nitrogens is 1. The van der Waals surface area contributed by atoms with Crippen LogP contribution >= 0.6 is 0 Å². The van der Waals surface area contributed by atoms with Crippen molar-refractivity contribution >= 4 is 5.82 Å². The van der Waals surface area contributed by atoms with Gasteiger partial charge in [0.25, 0.3) is 0 Å². The van der Waals surface area contributed by atoms with Crippen molar-refractivity contribution in [2.75, 3.05) is 25.2 Å². The lowest BCUT2D eigenvalue weighted by molar-refractivity contribution is 0.203. The molecule has 0 saturated carbocycles. The van der Waals surface area contributed by atoms with Crippen LogP contribution in [0, 0.1) is 0 Å². The van der Waals surface area contributed by atoms with Gasteiger partial charge in [0.1, 0.15) is 5.82 Å². The van der Waals surface area contributed by atoms with E-state index in [1.165, 1.54) is 0 Å².